The molecule has 3 aromatic carbocycles. The van der Waals surface area contributed by atoms with E-state index in [1.54, 1.807) is 0 Å². The van der Waals surface area contributed by atoms with Crippen molar-refractivity contribution in [1.82, 2.24) is 0 Å². The molecule has 24 heavy (non-hydrogen) atoms. The van der Waals surface area contributed by atoms with E-state index < -0.39 is 0 Å². The molecule has 0 saturated heterocycles. The van der Waals surface area contributed by atoms with Gasteiger partial charge in [-0.25, -0.2) is 0 Å². The van der Waals surface area contributed by atoms with Crippen LogP contribution < -0.4 is 40.1 Å². The van der Waals surface area contributed by atoms with Crippen molar-refractivity contribution in [2.45, 2.75) is 20.8 Å². The van der Waals surface area contributed by atoms with Gasteiger partial charge in [-0.3, -0.25) is 0 Å². The van der Waals surface area contributed by atoms with Gasteiger partial charge in [-0.05, 0) is 48.2 Å². The predicted octanol–water partition coefficient (Wildman–Crippen LogP) is 1.99. The second kappa shape index (κ2) is 4.64. The fourth-order valence-corrected chi connectivity index (χ4v) is 3.62. The number of fused-ring (bicyclic) bond motifs is 2. The van der Waals surface area contributed by atoms with E-state index in [9.17, 15) is 0 Å². The SMILES string of the molecule is Cc1c(N)c(N)c(N)c2c(N)c3c(N)c(N)c(N)c(C)c3c(C)c12. The van der Waals surface area contributed by atoms with Crippen molar-refractivity contribution in [1.29, 1.82) is 0 Å². The molecule has 14 N–H and O–H groups in total. The van der Waals surface area contributed by atoms with Crippen LogP contribution >= 0.6 is 0 Å². The Morgan fingerprint density at radius 3 is 1.00 bits per heavy atom. The zero-order valence-electron chi connectivity index (χ0n) is 14.0. The lowest BCUT2D eigenvalue weighted by molar-refractivity contribution is 1.45. The van der Waals surface area contributed by atoms with Crippen LogP contribution in [0.3, 0.4) is 0 Å². The van der Waals surface area contributed by atoms with Crippen molar-refractivity contribution in [3.8, 4) is 0 Å². The van der Waals surface area contributed by atoms with Crippen LogP contribution in [0.5, 0.6) is 0 Å². The van der Waals surface area contributed by atoms with E-state index in [0.29, 0.717) is 50.6 Å². The van der Waals surface area contributed by atoms with Gasteiger partial charge in [0.05, 0.1) is 39.8 Å². The smallest absolute Gasteiger partial charge is 0.0791 e. The van der Waals surface area contributed by atoms with Crippen molar-refractivity contribution < 1.29 is 0 Å². The molecule has 0 heterocycles. The van der Waals surface area contributed by atoms with Gasteiger partial charge in [0.2, 0.25) is 0 Å². The molecule has 0 amide bonds. The summed E-state index contributed by atoms with van der Waals surface area (Å²) in [5.74, 6) is 0. The van der Waals surface area contributed by atoms with E-state index in [0.717, 1.165) is 27.5 Å². The molecular weight excluding hydrogens is 302 g/mol. The zero-order chi connectivity index (χ0) is 18.1. The van der Waals surface area contributed by atoms with Crippen LogP contribution in [0.15, 0.2) is 0 Å². The normalized spacial score (nSPS) is 11.5. The molecule has 0 aromatic heterocycles. The third-order valence-corrected chi connectivity index (χ3v) is 5.05. The maximum atomic E-state index is 6.45. The summed E-state index contributed by atoms with van der Waals surface area (Å²) in [7, 11) is 0. The highest BCUT2D eigenvalue weighted by atomic mass is 14.8. The Kier molecular flexibility index (Phi) is 3.03. The predicted molar refractivity (Wildman–Crippen MR) is 107 cm³/mol. The van der Waals surface area contributed by atoms with Crippen molar-refractivity contribution in [2.24, 2.45) is 0 Å². The molecule has 3 aromatic rings. The molecule has 7 heteroatoms. The molecule has 0 aliphatic rings. The molecule has 0 spiro atoms. The number of hydrogen-bond donors (Lipinski definition) is 7. The van der Waals surface area contributed by atoms with E-state index in [1.165, 1.54) is 0 Å². The van der Waals surface area contributed by atoms with Gasteiger partial charge in [-0.1, -0.05) is 0 Å². The van der Waals surface area contributed by atoms with E-state index in [4.69, 9.17) is 40.1 Å². The zero-order valence-corrected chi connectivity index (χ0v) is 14.0. The maximum Gasteiger partial charge on any atom is 0.0791 e. The lowest BCUT2D eigenvalue weighted by atomic mass is 9.87. The van der Waals surface area contributed by atoms with Crippen molar-refractivity contribution >= 4 is 61.4 Å². The number of benzene rings is 3. The van der Waals surface area contributed by atoms with E-state index in [-0.39, 0.29) is 0 Å². The highest BCUT2D eigenvalue weighted by molar-refractivity contribution is 6.26. The molecule has 0 unspecified atom stereocenters. The highest BCUT2D eigenvalue weighted by Gasteiger charge is 2.22. The summed E-state index contributed by atoms with van der Waals surface area (Å²) < 4.78 is 0. The van der Waals surface area contributed by atoms with E-state index in [1.807, 2.05) is 20.8 Å². The standard InChI is InChI=1S/C17H23N7/c1-4-7-5(2)11(18)16(23)14(21)9(7)13(20)10-8(4)6(3)12(19)17(24)15(10)22/h18-24H2,1-3H3. The molecule has 0 aliphatic carbocycles. The summed E-state index contributed by atoms with van der Waals surface area (Å²) in [6.07, 6.45) is 0. The van der Waals surface area contributed by atoms with E-state index in [2.05, 4.69) is 0 Å². The number of rotatable bonds is 0. The molecule has 0 atom stereocenters. The van der Waals surface area contributed by atoms with Crippen LogP contribution in [0.25, 0.3) is 21.5 Å². The Morgan fingerprint density at radius 2 is 0.667 bits per heavy atom. The average molecular weight is 325 g/mol. The molecule has 0 bridgehead atoms. The topological polar surface area (TPSA) is 182 Å². The van der Waals surface area contributed by atoms with E-state index >= 15 is 0 Å². The van der Waals surface area contributed by atoms with Crippen LogP contribution in [0.2, 0.25) is 0 Å². The molecule has 126 valence electrons. The maximum absolute atomic E-state index is 6.45. The first-order valence-corrected chi connectivity index (χ1v) is 7.52. The largest absolute Gasteiger partial charge is 0.398 e. The molecule has 3 rings (SSSR count). The summed E-state index contributed by atoms with van der Waals surface area (Å²) >= 11 is 0. The Balaban J connectivity index is 2.82. The number of hydrogen-bond acceptors (Lipinski definition) is 7. The summed E-state index contributed by atoms with van der Waals surface area (Å²) in [5, 5.41) is 3.05. The lowest BCUT2D eigenvalue weighted by Gasteiger charge is -2.22. The number of nitrogen functional groups attached to an aromatic ring is 7. The summed E-state index contributed by atoms with van der Waals surface area (Å²) in [6, 6.07) is 0. The molecule has 0 fully saturated rings. The van der Waals surface area contributed by atoms with Gasteiger partial charge in [0.15, 0.2) is 0 Å². The van der Waals surface area contributed by atoms with Gasteiger partial charge in [-0.2, -0.15) is 0 Å². The van der Waals surface area contributed by atoms with Crippen molar-refractivity contribution in [3.05, 3.63) is 16.7 Å². The number of nitrogens with two attached hydrogens (primary N) is 7. The fraction of sp³-hybridized carbons (Fsp3) is 0.176. The Bertz CT molecular complexity index is 886. The first-order chi connectivity index (χ1) is 11.1. The van der Waals surface area contributed by atoms with Crippen LogP contribution in [-0.2, 0) is 0 Å². The minimum Gasteiger partial charge on any atom is -0.398 e. The quantitative estimate of drug-likeness (QED) is 0.243. The Hall–Kier alpha value is -3.22. The molecule has 0 aliphatic heterocycles. The first-order valence-electron chi connectivity index (χ1n) is 7.52. The van der Waals surface area contributed by atoms with Crippen molar-refractivity contribution in [3.63, 3.8) is 0 Å². The van der Waals surface area contributed by atoms with Gasteiger partial charge in [0.1, 0.15) is 0 Å². The second-order valence-electron chi connectivity index (χ2n) is 6.27. The molecular formula is C17H23N7. The summed E-state index contributed by atoms with van der Waals surface area (Å²) in [5.41, 5.74) is 48.5. The second-order valence-corrected chi connectivity index (χ2v) is 6.27. The third-order valence-electron chi connectivity index (χ3n) is 5.05. The molecule has 7 nitrogen and oxygen atoms in total. The Morgan fingerprint density at radius 1 is 0.333 bits per heavy atom. The van der Waals surface area contributed by atoms with Gasteiger partial charge >= 0.3 is 0 Å². The average Bonchev–Trinajstić information content (AvgIpc) is 2.55. The molecule has 0 radical (unpaired) electrons. The summed E-state index contributed by atoms with van der Waals surface area (Å²) in [6.45, 7) is 5.75. The number of anilines is 7. The van der Waals surface area contributed by atoms with Crippen LogP contribution in [0.4, 0.5) is 39.8 Å². The van der Waals surface area contributed by atoms with Crippen LogP contribution in [-0.4, -0.2) is 0 Å². The number of aryl methyl sites for hydroxylation is 3. The third kappa shape index (κ3) is 1.61. The highest BCUT2D eigenvalue weighted by Crippen LogP contribution is 2.49. The van der Waals surface area contributed by atoms with Crippen LogP contribution in [0.1, 0.15) is 16.7 Å². The van der Waals surface area contributed by atoms with Gasteiger partial charge in [0.25, 0.3) is 0 Å². The minimum atomic E-state index is 0.323. The van der Waals surface area contributed by atoms with Gasteiger partial charge in [0, 0.05) is 10.8 Å². The van der Waals surface area contributed by atoms with Gasteiger partial charge in [-0.15, -0.1) is 0 Å². The first kappa shape index (κ1) is 15.7. The summed E-state index contributed by atoms with van der Waals surface area (Å²) in [4.78, 5) is 0. The monoisotopic (exact) mass is 325 g/mol. The fourth-order valence-electron chi connectivity index (χ4n) is 3.62. The van der Waals surface area contributed by atoms with Gasteiger partial charge < -0.3 is 40.1 Å². The molecule has 0 saturated carbocycles. The minimum absolute atomic E-state index is 0.323. The van der Waals surface area contributed by atoms with Crippen LogP contribution in [0, 0.1) is 20.8 Å². The lowest BCUT2D eigenvalue weighted by Crippen LogP contribution is -2.09. The van der Waals surface area contributed by atoms with Crippen molar-refractivity contribution in [2.75, 3.05) is 40.1 Å². The Labute approximate surface area is 139 Å².